The number of anilines is 1. The summed E-state index contributed by atoms with van der Waals surface area (Å²) in [6.07, 6.45) is 9.73. The van der Waals surface area contributed by atoms with Crippen molar-refractivity contribution >= 4 is 27.8 Å². The van der Waals surface area contributed by atoms with Gasteiger partial charge in [-0.05, 0) is 61.9 Å². The van der Waals surface area contributed by atoms with Gasteiger partial charge in [-0.2, -0.15) is 0 Å². The van der Waals surface area contributed by atoms with Crippen LogP contribution in [0, 0.1) is 6.92 Å². The number of ether oxygens (including phenoxy) is 1. The molecule has 5 rings (SSSR count). The van der Waals surface area contributed by atoms with Crippen LogP contribution in [0.3, 0.4) is 0 Å². The monoisotopic (exact) mass is 373 g/mol. The zero-order valence-electron chi connectivity index (χ0n) is 15.9. The molecule has 2 atom stereocenters. The summed E-state index contributed by atoms with van der Waals surface area (Å²) in [4.78, 5) is 13.0. The van der Waals surface area contributed by atoms with E-state index in [0.717, 1.165) is 42.2 Å². The van der Waals surface area contributed by atoms with E-state index in [-0.39, 0.29) is 12.3 Å². The number of benzene rings is 1. The first-order chi connectivity index (χ1) is 13.7. The van der Waals surface area contributed by atoms with Crippen molar-refractivity contribution in [3.8, 4) is 0 Å². The van der Waals surface area contributed by atoms with E-state index in [4.69, 9.17) is 10.5 Å². The third-order valence-corrected chi connectivity index (χ3v) is 5.58. The van der Waals surface area contributed by atoms with Crippen LogP contribution in [0.5, 0.6) is 0 Å². The molecule has 6 heteroatoms. The summed E-state index contributed by atoms with van der Waals surface area (Å²) in [6, 6.07) is 10.7. The molecule has 0 aliphatic carbocycles. The van der Waals surface area contributed by atoms with Crippen LogP contribution in [0.25, 0.3) is 21.9 Å². The van der Waals surface area contributed by atoms with E-state index < -0.39 is 0 Å². The highest BCUT2D eigenvalue weighted by molar-refractivity contribution is 5.86. The molecule has 1 fully saturated rings. The van der Waals surface area contributed by atoms with Gasteiger partial charge in [-0.25, -0.2) is 9.97 Å². The van der Waals surface area contributed by atoms with Crippen molar-refractivity contribution < 1.29 is 4.74 Å². The number of aryl methyl sites for hydroxylation is 2. The second-order valence-corrected chi connectivity index (χ2v) is 7.59. The number of aromatic nitrogens is 4. The van der Waals surface area contributed by atoms with E-state index in [1.165, 1.54) is 22.8 Å². The lowest BCUT2D eigenvalue weighted by Crippen LogP contribution is -2.12. The summed E-state index contributed by atoms with van der Waals surface area (Å²) in [6.45, 7) is 2.07. The highest BCUT2D eigenvalue weighted by atomic mass is 16.5. The molecule has 3 aromatic heterocycles. The quantitative estimate of drug-likeness (QED) is 0.580. The van der Waals surface area contributed by atoms with E-state index in [1.807, 2.05) is 18.5 Å². The Morgan fingerprint density at radius 1 is 1.14 bits per heavy atom. The standard InChI is InChI=1S/C22H23N5O/c1-14-10-16-4-2-15(11-19(16)24-12-14)3-5-17-6-7-20(28-17)27-9-8-18-21(23)25-13-26-22(18)27/h2,4,8-13,17,20H,3,5-7H2,1H3,(H2,23,25,26). The molecule has 2 unspecified atom stereocenters. The molecular formula is C22H23N5O. The molecule has 0 radical (unpaired) electrons. The van der Waals surface area contributed by atoms with Crippen molar-refractivity contribution in [1.82, 2.24) is 19.5 Å². The average molecular weight is 373 g/mol. The largest absolute Gasteiger partial charge is 0.383 e. The minimum absolute atomic E-state index is 0.0121. The van der Waals surface area contributed by atoms with Crippen LogP contribution in [0.1, 0.15) is 36.6 Å². The normalized spacial score (nSPS) is 19.6. The second kappa shape index (κ2) is 6.87. The van der Waals surface area contributed by atoms with Crippen molar-refractivity contribution in [2.24, 2.45) is 0 Å². The number of pyridine rings is 1. The Balaban J connectivity index is 1.26. The number of rotatable bonds is 4. The van der Waals surface area contributed by atoms with Crippen molar-refractivity contribution in [1.29, 1.82) is 0 Å². The first-order valence-electron chi connectivity index (χ1n) is 9.75. The second-order valence-electron chi connectivity index (χ2n) is 7.59. The van der Waals surface area contributed by atoms with Crippen LogP contribution in [0.2, 0.25) is 0 Å². The van der Waals surface area contributed by atoms with Gasteiger partial charge in [0.15, 0.2) is 0 Å². The highest BCUT2D eigenvalue weighted by Gasteiger charge is 2.27. The molecule has 142 valence electrons. The maximum Gasteiger partial charge on any atom is 0.147 e. The van der Waals surface area contributed by atoms with Crippen LogP contribution < -0.4 is 5.73 Å². The Morgan fingerprint density at radius 2 is 2.07 bits per heavy atom. The fourth-order valence-electron chi connectivity index (χ4n) is 4.09. The van der Waals surface area contributed by atoms with Crippen LogP contribution in [0.15, 0.2) is 49.1 Å². The maximum absolute atomic E-state index is 6.32. The summed E-state index contributed by atoms with van der Waals surface area (Å²) in [5, 5.41) is 2.08. The molecule has 0 amide bonds. The zero-order valence-corrected chi connectivity index (χ0v) is 15.9. The molecule has 1 aliphatic heterocycles. The first kappa shape index (κ1) is 17.1. The van der Waals surface area contributed by atoms with E-state index in [1.54, 1.807) is 0 Å². The summed E-state index contributed by atoms with van der Waals surface area (Å²) < 4.78 is 8.40. The highest BCUT2D eigenvalue weighted by Crippen LogP contribution is 2.33. The molecule has 28 heavy (non-hydrogen) atoms. The topological polar surface area (TPSA) is 78.9 Å². The SMILES string of the molecule is Cc1cnc2cc(CCC3CCC(n4ccc5c(N)ncnc54)O3)ccc2c1. The Hall–Kier alpha value is -2.99. The Kier molecular flexibility index (Phi) is 4.20. The number of nitrogen functional groups attached to an aromatic ring is 1. The van der Waals surface area contributed by atoms with Gasteiger partial charge in [-0.15, -0.1) is 0 Å². The molecule has 1 aliphatic rings. The van der Waals surface area contributed by atoms with Gasteiger partial charge >= 0.3 is 0 Å². The summed E-state index contributed by atoms with van der Waals surface area (Å²) in [7, 11) is 0. The molecule has 0 saturated carbocycles. The molecule has 0 bridgehead atoms. The molecule has 1 aromatic carbocycles. The zero-order chi connectivity index (χ0) is 19.1. The predicted molar refractivity (Wildman–Crippen MR) is 110 cm³/mol. The van der Waals surface area contributed by atoms with Gasteiger partial charge in [-0.3, -0.25) is 4.98 Å². The number of hydrogen-bond donors (Lipinski definition) is 1. The molecule has 4 aromatic rings. The summed E-state index contributed by atoms with van der Waals surface area (Å²) >= 11 is 0. The average Bonchev–Trinajstić information content (AvgIpc) is 3.33. The lowest BCUT2D eigenvalue weighted by molar-refractivity contribution is 0.00120. The lowest BCUT2D eigenvalue weighted by Gasteiger charge is -2.16. The minimum atomic E-state index is 0.0121. The van der Waals surface area contributed by atoms with Gasteiger partial charge in [0.05, 0.1) is 17.0 Å². The molecule has 4 heterocycles. The Labute approximate surface area is 163 Å². The smallest absolute Gasteiger partial charge is 0.147 e. The number of nitrogens with zero attached hydrogens (tertiary/aromatic N) is 4. The summed E-state index contributed by atoms with van der Waals surface area (Å²) in [5.41, 5.74) is 10.3. The van der Waals surface area contributed by atoms with Crippen molar-refractivity contribution in [2.75, 3.05) is 5.73 Å². The fraction of sp³-hybridized carbons (Fsp3) is 0.318. The maximum atomic E-state index is 6.32. The van der Waals surface area contributed by atoms with E-state index >= 15 is 0 Å². The van der Waals surface area contributed by atoms with Gasteiger partial charge in [-0.1, -0.05) is 12.1 Å². The van der Waals surface area contributed by atoms with E-state index in [9.17, 15) is 0 Å². The van der Waals surface area contributed by atoms with Crippen LogP contribution >= 0.6 is 0 Å². The third-order valence-electron chi connectivity index (χ3n) is 5.58. The number of hydrogen-bond acceptors (Lipinski definition) is 5. The van der Waals surface area contributed by atoms with Gasteiger partial charge in [0, 0.05) is 17.8 Å². The van der Waals surface area contributed by atoms with Crippen LogP contribution in [-0.2, 0) is 11.2 Å². The minimum Gasteiger partial charge on any atom is -0.383 e. The predicted octanol–water partition coefficient (Wildman–Crippen LogP) is 4.18. The molecule has 2 N–H and O–H groups in total. The van der Waals surface area contributed by atoms with Crippen LogP contribution in [0.4, 0.5) is 5.82 Å². The Morgan fingerprint density at radius 3 is 3.00 bits per heavy atom. The van der Waals surface area contributed by atoms with Gasteiger partial charge in [0.25, 0.3) is 0 Å². The van der Waals surface area contributed by atoms with Gasteiger partial charge < -0.3 is 15.0 Å². The van der Waals surface area contributed by atoms with Crippen molar-refractivity contribution in [2.45, 2.75) is 44.9 Å². The summed E-state index contributed by atoms with van der Waals surface area (Å²) in [5.74, 6) is 0.512. The molecule has 0 spiro atoms. The van der Waals surface area contributed by atoms with Crippen molar-refractivity contribution in [3.63, 3.8) is 0 Å². The van der Waals surface area contributed by atoms with E-state index in [0.29, 0.717) is 5.82 Å². The molecular weight excluding hydrogens is 350 g/mol. The van der Waals surface area contributed by atoms with Gasteiger partial charge in [0.1, 0.15) is 24.0 Å². The number of fused-ring (bicyclic) bond motifs is 2. The third kappa shape index (κ3) is 3.10. The molecule has 1 saturated heterocycles. The van der Waals surface area contributed by atoms with Gasteiger partial charge in [0.2, 0.25) is 0 Å². The Bertz CT molecular complexity index is 1150. The number of nitrogens with two attached hydrogens (primary N) is 1. The van der Waals surface area contributed by atoms with Crippen LogP contribution in [-0.4, -0.2) is 25.6 Å². The first-order valence-corrected chi connectivity index (χ1v) is 9.75. The van der Waals surface area contributed by atoms with Crippen molar-refractivity contribution in [3.05, 3.63) is 60.2 Å². The fourth-order valence-corrected chi connectivity index (χ4v) is 4.09. The lowest BCUT2D eigenvalue weighted by atomic mass is 10.0. The van der Waals surface area contributed by atoms with E-state index in [2.05, 4.69) is 50.7 Å². The molecule has 6 nitrogen and oxygen atoms in total.